The Kier molecular flexibility index (Phi) is 5.08. The van der Waals surface area contributed by atoms with Gasteiger partial charge >= 0.3 is 5.97 Å². The highest BCUT2D eigenvalue weighted by Gasteiger charge is 2.31. The van der Waals surface area contributed by atoms with Crippen LogP contribution >= 0.6 is 11.3 Å². The molecule has 0 amide bonds. The Morgan fingerprint density at radius 3 is 2.54 bits per heavy atom. The van der Waals surface area contributed by atoms with Crippen molar-refractivity contribution in [2.24, 2.45) is 5.92 Å². The number of fused-ring (bicyclic) bond motifs is 1. The molecule has 1 fully saturated rings. The van der Waals surface area contributed by atoms with Crippen LogP contribution in [0.1, 0.15) is 18.7 Å². The summed E-state index contributed by atoms with van der Waals surface area (Å²) in [4.78, 5) is 16.9. The quantitative estimate of drug-likeness (QED) is 0.870. The monoisotopic (exact) mass is 348 g/mol. The summed E-state index contributed by atoms with van der Waals surface area (Å²) in [5, 5.41) is 20.0. The molecule has 24 heavy (non-hydrogen) atoms. The van der Waals surface area contributed by atoms with Gasteiger partial charge in [0.2, 0.25) is 0 Å². The second-order valence-electron chi connectivity index (χ2n) is 6.61. The molecule has 1 saturated heterocycles. The van der Waals surface area contributed by atoms with Crippen molar-refractivity contribution in [2.45, 2.75) is 26.5 Å². The minimum atomic E-state index is -0.731. The number of benzene rings is 1. The van der Waals surface area contributed by atoms with Crippen LogP contribution in [0.5, 0.6) is 0 Å². The number of hydrogen-bond donors (Lipinski definition) is 2. The molecule has 0 radical (unpaired) electrons. The smallest absolute Gasteiger partial charge is 0.321 e. The van der Waals surface area contributed by atoms with E-state index in [4.69, 9.17) is 0 Å². The Balaban J connectivity index is 1.77. The maximum atomic E-state index is 11.5. The number of aliphatic carboxylic acids is 1. The van der Waals surface area contributed by atoms with Crippen molar-refractivity contribution in [3.63, 3.8) is 0 Å². The number of aliphatic hydroxyl groups is 1. The van der Waals surface area contributed by atoms with E-state index < -0.39 is 12.0 Å². The number of carboxylic acids is 1. The highest BCUT2D eigenvalue weighted by molar-refractivity contribution is 7.19. The van der Waals surface area contributed by atoms with Gasteiger partial charge in [-0.05, 0) is 24.1 Å². The van der Waals surface area contributed by atoms with Crippen molar-refractivity contribution in [1.82, 2.24) is 4.90 Å². The van der Waals surface area contributed by atoms with Gasteiger partial charge in [0.1, 0.15) is 6.04 Å². The van der Waals surface area contributed by atoms with Crippen LogP contribution in [0, 0.1) is 5.92 Å². The predicted octanol–water partition coefficient (Wildman–Crippen LogP) is 2.62. The number of carboxylic acid groups (broad SMARTS) is 1. The highest BCUT2D eigenvalue weighted by atomic mass is 32.1. The number of nitrogens with zero attached hydrogens (tertiary/aromatic N) is 2. The van der Waals surface area contributed by atoms with Crippen molar-refractivity contribution in [1.29, 1.82) is 0 Å². The van der Waals surface area contributed by atoms with Gasteiger partial charge in [-0.15, -0.1) is 11.3 Å². The van der Waals surface area contributed by atoms with E-state index in [1.807, 2.05) is 13.8 Å². The fourth-order valence-electron chi connectivity index (χ4n) is 3.56. The molecule has 2 heterocycles. The molecule has 0 bridgehead atoms. The molecule has 1 aliphatic heterocycles. The molecule has 1 aliphatic rings. The number of carbonyl (C=O) groups is 1. The van der Waals surface area contributed by atoms with Crippen molar-refractivity contribution < 1.29 is 15.0 Å². The summed E-state index contributed by atoms with van der Waals surface area (Å²) in [6.07, 6.45) is 0. The number of aliphatic hydroxyl groups excluding tert-OH is 1. The SMILES string of the molecule is CC(C)C(C(=O)O)N1CCN(c2cccc3sc(CO)cc23)CC1. The lowest BCUT2D eigenvalue weighted by atomic mass is 10.0. The van der Waals surface area contributed by atoms with Crippen LogP contribution in [0.15, 0.2) is 24.3 Å². The first-order valence-electron chi connectivity index (χ1n) is 8.35. The van der Waals surface area contributed by atoms with E-state index in [0.717, 1.165) is 31.1 Å². The van der Waals surface area contributed by atoms with Crippen LogP contribution < -0.4 is 4.90 Å². The maximum Gasteiger partial charge on any atom is 0.321 e. The predicted molar refractivity (Wildman–Crippen MR) is 97.8 cm³/mol. The molecule has 3 rings (SSSR count). The summed E-state index contributed by atoms with van der Waals surface area (Å²) >= 11 is 1.62. The number of anilines is 1. The van der Waals surface area contributed by atoms with Gasteiger partial charge in [-0.2, -0.15) is 0 Å². The van der Waals surface area contributed by atoms with E-state index in [1.165, 1.54) is 15.8 Å². The zero-order valence-electron chi connectivity index (χ0n) is 14.1. The lowest BCUT2D eigenvalue weighted by molar-refractivity contribution is -0.145. The summed E-state index contributed by atoms with van der Waals surface area (Å²) in [6.45, 7) is 7.15. The molecule has 1 aromatic carbocycles. The maximum absolute atomic E-state index is 11.5. The topological polar surface area (TPSA) is 64.0 Å². The lowest BCUT2D eigenvalue weighted by Crippen LogP contribution is -2.54. The Labute approximate surface area is 146 Å². The molecule has 1 atom stereocenters. The molecule has 2 N–H and O–H groups in total. The van der Waals surface area contributed by atoms with E-state index in [9.17, 15) is 15.0 Å². The average molecular weight is 348 g/mol. The molecule has 1 unspecified atom stereocenters. The second-order valence-corrected chi connectivity index (χ2v) is 7.78. The summed E-state index contributed by atoms with van der Waals surface area (Å²) < 4.78 is 1.18. The van der Waals surface area contributed by atoms with Gasteiger partial charge in [0, 0.05) is 46.8 Å². The van der Waals surface area contributed by atoms with Crippen molar-refractivity contribution in [3.8, 4) is 0 Å². The highest BCUT2D eigenvalue weighted by Crippen LogP contribution is 2.34. The third kappa shape index (κ3) is 3.27. The molecule has 6 heteroatoms. The standard InChI is InChI=1S/C18H24N2O3S/c1-12(2)17(18(22)23)20-8-6-19(7-9-20)15-4-3-5-16-14(15)10-13(11-21)24-16/h3-5,10,12,17,21H,6-9,11H2,1-2H3,(H,22,23). The van der Waals surface area contributed by atoms with Crippen molar-refractivity contribution >= 4 is 33.1 Å². The zero-order valence-corrected chi connectivity index (χ0v) is 14.9. The number of hydrogen-bond acceptors (Lipinski definition) is 5. The first-order chi connectivity index (χ1) is 11.5. The van der Waals surface area contributed by atoms with Crippen LogP contribution in [0.25, 0.3) is 10.1 Å². The lowest BCUT2D eigenvalue weighted by Gasteiger charge is -2.40. The molecule has 2 aromatic rings. The molecular weight excluding hydrogens is 324 g/mol. The molecule has 0 saturated carbocycles. The van der Waals surface area contributed by atoms with E-state index in [2.05, 4.69) is 34.1 Å². The van der Waals surface area contributed by atoms with Gasteiger partial charge < -0.3 is 15.1 Å². The summed E-state index contributed by atoms with van der Waals surface area (Å²) in [7, 11) is 0. The molecule has 0 spiro atoms. The summed E-state index contributed by atoms with van der Waals surface area (Å²) in [6, 6.07) is 7.90. The third-order valence-corrected chi connectivity index (χ3v) is 5.76. The molecule has 130 valence electrons. The van der Waals surface area contributed by atoms with Crippen LogP contribution in [-0.4, -0.2) is 53.3 Å². The first-order valence-corrected chi connectivity index (χ1v) is 9.17. The largest absolute Gasteiger partial charge is 0.480 e. The summed E-state index contributed by atoms with van der Waals surface area (Å²) in [5.41, 5.74) is 1.18. The fraction of sp³-hybridized carbons (Fsp3) is 0.500. The Bertz CT molecular complexity index is 720. The Hall–Kier alpha value is -1.63. The molecule has 0 aliphatic carbocycles. The van der Waals surface area contributed by atoms with Crippen LogP contribution in [0.3, 0.4) is 0 Å². The zero-order chi connectivity index (χ0) is 17.3. The van der Waals surface area contributed by atoms with Crippen molar-refractivity contribution in [3.05, 3.63) is 29.1 Å². The number of rotatable bonds is 5. The second kappa shape index (κ2) is 7.09. The Morgan fingerprint density at radius 1 is 1.25 bits per heavy atom. The van der Waals surface area contributed by atoms with Crippen LogP contribution in [0.4, 0.5) is 5.69 Å². The normalized spacial score (nSPS) is 17.6. The van der Waals surface area contributed by atoms with E-state index >= 15 is 0 Å². The minimum absolute atomic E-state index is 0.0707. The van der Waals surface area contributed by atoms with Crippen LogP contribution in [-0.2, 0) is 11.4 Å². The van der Waals surface area contributed by atoms with Gasteiger partial charge in [0.15, 0.2) is 0 Å². The molecule has 1 aromatic heterocycles. The van der Waals surface area contributed by atoms with Gasteiger partial charge in [0.05, 0.1) is 6.61 Å². The first kappa shape index (κ1) is 17.2. The van der Waals surface area contributed by atoms with Gasteiger partial charge in [-0.1, -0.05) is 19.9 Å². The molecule has 5 nitrogen and oxygen atoms in total. The van der Waals surface area contributed by atoms with Crippen molar-refractivity contribution in [2.75, 3.05) is 31.1 Å². The van der Waals surface area contributed by atoms with Gasteiger partial charge in [-0.3, -0.25) is 9.69 Å². The Morgan fingerprint density at radius 2 is 1.96 bits per heavy atom. The minimum Gasteiger partial charge on any atom is -0.480 e. The van der Waals surface area contributed by atoms with E-state index in [-0.39, 0.29) is 12.5 Å². The third-order valence-electron chi connectivity index (χ3n) is 4.68. The van der Waals surface area contributed by atoms with E-state index in [1.54, 1.807) is 11.3 Å². The van der Waals surface area contributed by atoms with Gasteiger partial charge in [-0.25, -0.2) is 0 Å². The van der Waals surface area contributed by atoms with E-state index in [0.29, 0.717) is 0 Å². The van der Waals surface area contributed by atoms with Gasteiger partial charge in [0.25, 0.3) is 0 Å². The fourth-order valence-corrected chi connectivity index (χ4v) is 4.50. The number of thiophene rings is 1. The average Bonchev–Trinajstić information content (AvgIpc) is 2.98. The van der Waals surface area contributed by atoms with Crippen LogP contribution in [0.2, 0.25) is 0 Å². The molecular formula is C18H24N2O3S. The number of piperazine rings is 1. The summed E-state index contributed by atoms with van der Waals surface area (Å²) in [5.74, 6) is -0.632.